The predicted octanol–water partition coefficient (Wildman–Crippen LogP) is 4.76. The lowest BCUT2D eigenvalue weighted by molar-refractivity contribution is 0.476. The van der Waals surface area contributed by atoms with Crippen LogP contribution in [0.25, 0.3) is 0 Å². The molecule has 0 aliphatic rings. The zero-order valence-electron chi connectivity index (χ0n) is 11.9. The maximum Gasteiger partial charge on any atom is 0.132 e. The van der Waals surface area contributed by atoms with Crippen LogP contribution >= 0.6 is 11.6 Å². The molecule has 0 aromatic heterocycles. The first-order chi connectivity index (χ1) is 9.60. The van der Waals surface area contributed by atoms with E-state index in [-0.39, 0.29) is 0 Å². The quantitative estimate of drug-likeness (QED) is 0.861. The lowest BCUT2D eigenvalue weighted by Crippen LogP contribution is -2.04. The van der Waals surface area contributed by atoms with Gasteiger partial charge in [0.25, 0.3) is 0 Å². The van der Waals surface area contributed by atoms with Gasteiger partial charge in [-0.05, 0) is 54.3 Å². The van der Waals surface area contributed by atoms with E-state index >= 15 is 0 Å². The number of nitrogens with two attached hydrogens (primary N) is 1. The molecule has 0 saturated carbocycles. The Morgan fingerprint density at radius 2 is 1.80 bits per heavy atom. The average molecular weight is 290 g/mol. The van der Waals surface area contributed by atoms with Crippen molar-refractivity contribution in [2.45, 2.75) is 26.2 Å². The molecule has 0 fully saturated rings. The molecule has 2 nitrogen and oxygen atoms in total. The van der Waals surface area contributed by atoms with Crippen LogP contribution in [0.15, 0.2) is 42.5 Å². The zero-order chi connectivity index (χ0) is 14.5. The number of benzene rings is 2. The number of halogens is 1. The lowest BCUT2D eigenvalue weighted by Gasteiger charge is -2.12. The van der Waals surface area contributed by atoms with Crippen molar-refractivity contribution in [3.05, 3.63) is 58.6 Å². The van der Waals surface area contributed by atoms with Gasteiger partial charge < -0.3 is 10.5 Å². The molecule has 0 aliphatic heterocycles. The Balaban J connectivity index is 2.22. The topological polar surface area (TPSA) is 35.2 Å². The monoisotopic (exact) mass is 289 g/mol. The standard InChI is InChI=1S/C17H20ClNO/c1-12(2)13-4-7-16(8-5-13)20-17-11-15(18)6-3-14(17)9-10-19/h3-8,11-12H,9-10,19H2,1-2H3. The third-order valence-electron chi connectivity index (χ3n) is 3.22. The predicted molar refractivity (Wildman–Crippen MR) is 84.8 cm³/mol. The summed E-state index contributed by atoms with van der Waals surface area (Å²) in [6.45, 7) is 4.93. The first-order valence-corrected chi connectivity index (χ1v) is 7.24. The largest absolute Gasteiger partial charge is 0.457 e. The Morgan fingerprint density at radius 1 is 1.10 bits per heavy atom. The molecule has 0 spiro atoms. The summed E-state index contributed by atoms with van der Waals surface area (Å²) >= 11 is 6.04. The summed E-state index contributed by atoms with van der Waals surface area (Å²) in [5, 5.41) is 0.666. The van der Waals surface area contributed by atoms with Crippen LogP contribution in [0, 0.1) is 0 Å². The molecule has 2 N–H and O–H groups in total. The van der Waals surface area contributed by atoms with Gasteiger partial charge in [0.05, 0.1) is 0 Å². The normalized spacial score (nSPS) is 10.8. The van der Waals surface area contributed by atoms with Crippen LogP contribution in [0.5, 0.6) is 11.5 Å². The maximum absolute atomic E-state index is 6.04. The van der Waals surface area contributed by atoms with Gasteiger partial charge in [-0.3, -0.25) is 0 Å². The number of rotatable bonds is 5. The fourth-order valence-electron chi connectivity index (χ4n) is 2.03. The van der Waals surface area contributed by atoms with Crippen molar-refractivity contribution >= 4 is 11.6 Å². The Hall–Kier alpha value is -1.51. The van der Waals surface area contributed by atoms with Crippen molar-refractivity contribution in [1.82, 2.24) is 0 Å². The molecule has 0 unspecified atom stereocenters. The lowest BCUT2D eigenvalue weighted by atomic mass is 10.0. The van der Waals surface area contributed by atoms with Crippen LogP contribution in [0.3, 0.4) is 0 Å². The Kier molecular flexibility index (Phi) is 5.05. The van der Waals surface area contributed by atoms with E-state index in [0.717, 1.165) is 23.5 Å². The first-order valence-electron chi connectivity index (χ1n) is 6.86. The highest BCUT2D eigenvalue weighted by atomic mass is 35.5. The molecular formula is C17H20ClNO. The Bertz CT molecular complexity index is 564. The van der Waals surface area contributed by atoms with E-state index in [0.29, 0.717) is 17.5 Å². The minimum absolute atomic E-state index is 0.517. The highest BCUT2D eigenvalue weighted by Crippen LogP contribution is 2.29. The van der Waals surface area contributed by atoms with E-state index < -0.39 is 0 Å². The molecule has 0 atom stereocenters. The van der Waals surface area contributed by atoms with Crippen LogP contribution in [0.1, 0.15) is 30.9 Å². The highest BCUT2D eigenvalue weighted by Gasteiger charge is 2.06. The third-order valence-corrected chi connectivity index (χ3v) is 3.45. The smallest absolute Gasteiger partial charge is 0.132 e. The Labute approximate surface area is 125 Å². The number of hydrogen-bond acceptors (Lipinski definition) is 2. The van der Waals surface area contributed by atoms with Gasteiger partial charge in [-0.15, -0.1) is 0 Å². The third kappa shape index (κ3) is 3.75. The number of ether oxygens (including phenoxy) is 1. The van der Waals surface area contributed by atoms with Gasteiger partial charge in [0.15, 0.2) is 0 Å². The second kappa shape index (κ2) is 6.78. The zero-order valence-corrected chi connectivity index (χ0v) is 12.7. The minimum Gasteiger partial charge on any atom is -0.457 e. The molecule has 0 saturated heterocycles. The summed E-state index contributed by atoms with van der Waals surface area (Å²) < 4.78 is 5.94. The van der Waals surface area contributed by atoms with Crippen molar-refractivity contribution in [3.8, 4) is 11.5 Å². The summed E-state index contributed by atoms with van der Waals surface area (Å²) in [7, 11) is 0. The van der Waals surface area contributed by atoms with Crippen molar-refractivity contribution < 1.29 is 4.74 Å². The van der Waals surface area contributed by atoms with Gasteiger partial charge in [-0.1, -0.05) is 43.6 Å². The van der Waals surface area contributed by atoms with Crippen molar-refractivity contribution in [1.29, 1.82) is 0 Å². The van der Waals surface area contributed by atoms with E-state index in [4.69, 9.17) is 22.1 Å². The van der Waals surface area contributed by atoms with Gasteiger partial charge in [0, 0.05) is 5.02 Å². The molecule has 2 rings (SSSR count). The van der Waals surface area contributed by atoms with Crippen molar-refractivity contribution in [3.63, 3.8) is 0 Å². The van der Waals surface area contributed by atoms with E-state index in [1.807, 2.05) is 30.3 Å². The van der Waals surface area contributed by atoms with Crippen LogP contribution in [0.2, 0.25) is 5.02 Å². The Morgan fingerprint density at radius 3 is 2.40 bits per heavy atom. The van der Waals surface area contributed by atoms with E-state index in [1.54, 1.807) is 0 Å². The molecule has 0 aliphatic carbocycles. The van der Waals surface area contributed by atoms with Crippen LogP contribution in [0.4, 0.5) is 0 Å². The second-order valence-corrected chi connectivity index (χ2v) is 5.55. The fraction of sp³-hybridized carbons (Fsp3) is 0.294. The summed E-state index contributed by atoms with van der Waals surface area (Å²) in [6.07, 6.45) is 0.774. The van der Waals surface area contributed by atoms with Gasteiger partial charge in [-0.2, -0.15) is 0 Å². The molecule has 0 radical (unpaired) electrons. The molecule has 3 heteroatoms. The number of hydrogen-bond donors (Lipinski definition) is 1. The summed E-state index contributed by atoms with van der Waals surface area (Å²) in [5.74, 6) is 2.11. The minimum atomic E-state index is 0.517. The van der Waals surface area contributed by atoms with Crippen LogP contribution in [-0.2, 0) is 6.42 Å². The second-order valence-electron chi connectivity index (χ2n) is 5.12. The van der Waals surface area contributed by atoms with Crippen molar-refractivity contribution in [2.24, 2.45) is 5.73 Å². The molecule has 0 amide bonds. The fourth-order valence-corrected chi connectivity index (χ4v) is 2.20. The van der Waals surface area contributed by atoms with E-state index in [9.17, 15) is 0 Å². The summed E-state index contributed by atoms with van der Waals surface area (Å²) in [6, 6.07) is 13.8. The highest BCUT2D eigenvalue weighted by molar-refractivity contribution is 6.30. The average Bonchev–Trinajstić information content (AvgIpc) is 2.42. The van der Waals surface area contributed by atoms with E-state index in [1.165, 1.54) is 5.56 Å². The van der Waals surface area contributed by atoms with Crippen LogP contribution < -0.4 is 10.5 Å². The van der Waals surface area contributed by atoms with Gasteiger partial charge in [0.1, 0.15) is 11.5 Å². The van der Waals surface area contributed by atoms with Crippen LogP contribution in [-0.4, -0.2) is 6.54 Å². The molecule has 106 valence electrons. The van der Waals surface area contributed by atoms with Gasteiger partial charge in [-0.25, -0.2) is 0 Å². The SMILES string of the molecule is CC(C)c1ccc(Oc2cc(Cl)ccc2CCN)cc1. The molecule has 2 aromatic carbocycles. The molecule has 2 aromatic rings. The molecule has 0 bridgehead atoms. The van der Waals surface area contributed by atoms with E-state index in [2.05, 4.69) is 26.0 Å². The molecule has 20 heavy (non-hydrogen) atoms. The van der Waals surface area contributed by atoms with Gasteiger partial charge >= 0.3 is 0 Å². The molecule has 0 heterocycles. The maximum atomic E-state index is 6.04. The van der Waals surface area contributed by atoms with Gasteiger partial charge in [0.2, 0.25) is 0 Å². The van der Waals surface area contributed by atoms with Crippen molar-refractivity contribution in [2.75, 3.05) is 6.54 Å². The summed E-state index contributed by atoms with van der Waals surface area (Å²) in [4.78, 5) is 0. The summed E-state index contributed by atoms with van der Waals surface area (Å²) in [5.41, 5.74) is 8.00. The first kappa shape index (κ1) is 14.9. The molecular weight excluding hydrogens is 270 g/mol.